The van der Waals surface area contributed by atoms with Gasteiger partial charge in [-0.2, -0.15) is 0 Å². The van der Waals surface area contributed by atoms with E-state index < -0.39 is 0 Å². The summed E-state index contributed by atoms with van der Waals surface area (Å²) in [5.74, 6) is 0.772. The molecule has 17 heavy (non-hydrogen) atoms. The average Bonchev–Trinajstić information content (AvgIpc) is 2.37. The van der Waals surface area contributed by atoms with Gasteiger partial charge in [0, 0.05) is 13.2 Å². The number of benzene rings is 1. The van der Waals surface area contributed by atoms with Crippen molar-refractivity contribution in [1.82, 2.24) is 5.32 Å². The fourth-order valence-corrected chi connectivity index (χ4v) is 1.49. The van der Waals surface area contributed by atoms with Crippen LogP contribution in [0.5, 0.6) is 5.75 Å². The first kappa shape index (κ1) is 13.5. The lowest BCUT2D eigenvalue weighted by molar-refractivity contribution is -0.125. The van der Waals surface area contributed by atoms with E-state index in [1.165, 1.54) is 0 Å². The monoisotopic (exact) mass is 237 g/mol. The number of carbonyl (C=O) groups excluding carboxylic acids is 1. The SMILES string of the molecule is CCOCC(=O)NCCc1ccccc1OC. The van der Waals surface area contributed by atoms with Crippen molar-refractivity contribution in [2.24, 2.45) is 0 Å². The van der Waals surface area contributed by atoms with Crippen LogP contribution in [0.4, 0.5) is 0 Å². The van der Waals surface area contributed by atoms with Gasteiger partial charge in [0.2, 0.25) is 5.91 Å². The van der Waals surface area contributed by atoms with E-state index in [0.717, 1.165) is 17.7 Å². The molecule has 0 bridgehead atoms. The molecule has 0 aromatic heterocycles. The summed E-state index contributed by atoms with van der Waals surface area (Å²) in [6.07, 6.45) is 0.752. The number of ether oxygens (including phenoxy) is 2. The third kappa shape index (κ3) is 4.87. The lowest BCUT2D eigenvalue weighted by Gasteiger charge is -2.09. The highest BCUT2D eigenvalue weighted by molar-refractivity contribution is 5.77. The number of para-hydroxylation sites is 1. The van der Waals surface area contributed by atoms with Crippen LogP contribution in [0.3, 0.4) is 0 Å². The topological polar surface area (TPSA) is 47.6 Å². The summed E-state index contributed by atoms with van der Waals surface area (Å²) >= 11 is 0. The Bertz CT molecular complexity index is 352. The lowest BCUT2D eigenvalue weighted by Crippen LogP contribution is -2.29. The van der Waals surface area contributed by atoms with Crippen LogP contribution in [-0.2, 0) is 16.0 Å². The molecule has 0 aliphatic heterocycles. The summed E-state index contributed by atoms with van der Waals surface area (Å²) in [7, 11) is 1.65. The molecule has 0 unspecified atom stereocenters. The molecule has 4 nitrogen and oxygen atoms in total. The van der Waals surface area contributed by atoms with Gasteiger partial charge in [0.25, 0.3) is 0 Å². The summed E-state index contributed by atoms with van der Waals surface area (Å²) in [6, 6.07) is 7.79. The molecule has 0 fully saturated rings. The minimum Gasteiger partial charge on any atom is -0.496 e. The summed E-state index contributed by atoms with van der Waals surface area (Å²) in [4.78, 5) is 11.3. The van der Waals surface area contributed by atoms with Gasteiger partial charge in [-0.15, -0.1) is 0 Å². The molecule has 0 aliphatic carbocycles. The van der Waals surface area contributed by atoms with Gasteiger partial charge in [0.15, 0.2) is 0 Å². The zero-order valence-corrected chi connectivity index (χ0v) is 10.4. The normalized spacial score (nSPS) is 10.0. The Hall–Kier alpha value is -1.55. The van der Waals surface area contributed by atoms with E-state index >= 15 is 0 Å². The Morgan fingerprint density at radius 2 is 2.12 bits per heavy atom. The second-order valence-electron chi connectivity index (χ2n) is 3.55. The third-order valence-corrected chi connectivity index (χ3v) is 2.35. The van der Waals surface area contributed by atoms with Crippen molar-refractivity contribution < 1.29 is 14.3 Å². The summed E-state index contributed by atoms with van der Waals surface area (Å²) in [6.45, 7) is 3.14. The van der Waals surface area contributed by atoms with Gasteiger partial charge in [-0.25, -0.2) is 0 Å². The van der Waals surface area contributed by atoms with Gasteiger partial charge in [0.1, 0.15) is 12.4 Å². The number of hydrogen-bond acceptors (Lipinski definition) is 3. The molecule has 1 rings (SSSR count). The molecule has 1 N–H and O–H groups in total. The molecule has 0 saturated carbocycles. The van der Waals surface area contributed by atoms with Gasteiger partial charge in [-0.3, -0.25) is 4.79 Å². The van der Waals surface area contributed by atoms with E-state index in [4.69, 9.17) is 9.47 Å². The van der Waals surface area contributed by atoms with E-state index in [-0.39, 0.29) is 12.5 Å². The van der Waals surface area contributed by atoms with Gasteiger partial charge in [0.05, 0.1) is 7.11 Å². The summed E-state index contributed by atoms with van der Waals surface area (Å²) in [5, 5.41) is 2.80. The van der Waals surface area contributed by atoms with E-state index in [2.05, 4.69) is 5.32 Å². The molecule has 0 atom stereocenters. The standard InChI is InChI=1S/C13H19NO3/c1-3-17-10-13(15)14-9-8-11-6-4-5-7-12(11)16-2/h4-7H,3,8-10H2,1-2H3,(H,14,15). The van der Waals surface area contributed by atoms with Gasteiger partial charge in [-0.1, -0.05) is 18.2 Å². The van der Waals surface area contributed by atoms with E-state index in [1.807, 2.05) is 31.2 Å². The van der Waals surface area contributed by atoms with Crippen LogP contribution >= 0.6 is 0 Å². The van der Waals surface area contributed by atoms with Gasteiger partial charge < -0.3 is 14.8 Å². The highest BCUT2D eigenvalue weighted by Gasteiger charge is 2.03. The second-order valence-corrected chi connectivity index (χ2v) is 3.55. The van der Waals surface area contributed by atoms with Gasteiger partial charge in [-0.05, 0) is 25.0 Å². The first-order valence-corrected chi connectivity index (χ1v) is 5.74. The minimum absolute atomic E-state index is 0.0817. The molecule has 1 aromatic carbocycles. The molecule has 0 aliphatic rings. The van der Waals surface area contributed by atoms with E-state index in [0.29, 0.717) is 13.2 Å². The first-order chi connectivity index (χ1) is 8.27. The maximum Gasteiger partial charge on any atom is 0.246 e. The summed E-state index contributed by atoms with van der Waals surface area (Å²) in [5.41, 5.74) is 1.09. The predicted octanol–water partition coefficient (Wildman–Crippen LogP) is 1.39. The first-order valence-electron chi connectivity index (χ1n) is 5.74. The van der Waals surface area contributed by atoms with Crippen LogP contribution < -0.4 is 10.1 Å². The Labute approximate surface area is 102 Å². The third-order valence-electron chi connectivity index (χ3n) is 2.35. The quantitative estimate of drug-likeness (QED) is 0.779. The molecule has 1 aromatic rings. The van der Waals surface area contributed by atoms with Crippen LogP contribution in [0.15, 0.2) is 24.3 Å². The van der Waals surface area contributed by atoms with Crippen molar-refractivity contribution in [1.29, 1.82) is 0 Å². The lowest BCUT2D eigenvalue weighted by atomic mass is 10.1. The molecule has 4 heteroatoms. The highest BCUT2D eigenvalue weighted by Crippen LogP contribution is 2.17. The van der Waals surface area contributed by atoms with Crippen LogP contribution in [0.2, 0.25) is 0 Å². The predicted molar refractivity (Wildman–Crippen MR) is 66.2 cm³/mol. The Morgan fingerprint density at radius 1 is 1.35 bits per heavy atom. The molecular formula is C13H19NO3. The van der Waals surface area contributed by atoms with Crippen molar-refractivity contribution in [2.75, 3.05) is 26.9 Å². The Morgan fingerprint density at radius 3 is 2.82 bits per heavy atom. The number of rotatable bonds is 7. The van der Waals surface area contributed by atoms with Crippen LogP contribution in [0.25, 0.3) is 0 Å². The van der Waals surface area contributed by atoms with Crippen molar-refractivity contribution in [3.05, 3.63) is 29.8 Å². The van der Waals surface area contributed by atoms with Crippen molar-refractivity contribution in [3.63, 3.8) is 0 Å². The van der Waals surface area contributed by atoms with Crippen LogP contribution in [0, 0.1) is 0 Å². The number of hydrogen-bond donors (Lipinski definition) is 1. The van der Waals surface area contributed by atoms with E-state index in [9.17, 15) is 4.79 Å². The number of nitrogens with one attached hydrogen (secondary N) is 1. The van der Waals surface area contributed by atoms with E-state index in [1.54, 1.807) is 7.11 Å². The fraction of sp³-hybridized carbons (Fsp3) is 0.462. The number of methoxy groups -OCH3 is 1. The summed E-state index contributed by atoms with van der Waals surface area (Å²) < 4.78 is 10.2. The molecule has 0 spiro atoms. The number of amides is 1. The zero-order valence-electron chi connectivity index (χ0n) is 10.4. The minimum atomic E-state index is -0.0817. The smallest absolute Gasteiger partial charge is 0.246 e. The maximum atomic E-state index is 11.3. The van der Waals surface area contributed by atoms with Crippen molar-refractivity contribution in [3.8, 4) is 5.75 Å². The van der Waals surface area contributed by atoms with Crippen molar-refractivity contribution in [2.45, 2.75) is 13.3 Å². The molecule has 1 amide bonds. The zero-order chi connectivity index (χ0) is 12.5. The maximum absolute atomic E-state index is 11.3. The Kier molecular flexibility index (Phi) is 6.10. The van der Waals surface area contributed by atoms with Crippen molar-refractivity contribution >= 4 is 5.91 Å². The molecule has 0 heterocycles. The molecular weight excluding hydrogens is 218 g/mol. The number of carbonyl (C=O) groups is 1. The Balaban J connectivity index is 2.33. The highest BCUT2D eigenvalue weighted by atomic mass is 16.5. The second kappa shape index (κ2) is 7.68. The average molecular weight is 237 g/mol. The fourth-order valence-electron chi connectivity index (χ4n) is 1.49. The molecule has 94 valence electrons. The van der Waals surface area contributed by atoms with Gasteiger partial charge >= 0.3 is 0 Å². The van der Waals surface area contributed by atoms with Crippen LogP contribution in [0.1, 0.15) is 12.5 Å². The van der Waals surface area contributed by atoms with Crippen LogP contribution in [-0.4, -0.2) is 32.8 Å². The largest absolute Gasteiger partial charge is 0.496 e. The molecule has 0 radical (unpaired) electrons. The molecule has 0 saturated heterocycles.